The fraction of sp³-hybridized carbons (Fsp3) is 0.143. The zero-order valence-electron chi connectivity index (χ0n) is 10.9. The highest BCUT2D eigenvalue weighted by molar-refractivity contribution is 14.1. The highest BCUT2D eigenvalue weighted by atomic mass is 127. The van der Waals surface area contributed by atoms with E-state index in [1.807, 2.05) is 22.6 Å². The number of amides is 2. The normalized spacial score (nSPS) is 13.7. The third kappa shape index (κ3) is 2.20. The molecule has 1 aliphatic rings. The zero-order chi connectivity index (χ0) is 15.1. The van der Waals surface area contributed by atoms with Crippen LogP contribution in [0.25, 0.3) is 0 Å². The van der Waals surface area contributed by atoms with Crippen molar-refractivity contribution in [2.24, 2.45) is 0 Å². The second-order valence-electron chi connectivity index (χ2n) is 4.39. The zero-order valence-corrected chi connectivity index (χ0v) is 13.9. The largest absolute Gasteiger partial charge is 0.292 e. The number of carbonyl (C=O) groups is 3. The Balaban J connectivity index is 2.06. The summed E-state index contributed by atoms with van der Waals surface area (Å²) < 4.78 is 0.686. The molecule has 0 atom stereocenters. The molecule has 0 bridgehead atoms. The molecular formula is C14H9IN2O3S. The Hall–Kier alpha value is -1.61. The summed E-state index contributed by atoms with van der Waals surface area (Å²) in [5.41, 5.74) is 1.07. The van der Waals surface area contributed by atoms with E-state index in [1.54, 1.807) is 31.2 Å². The highest BCUT2D eigenvalue weighted by Gasteiger charge is 2.38. The molecule has 21 heavy (non-hydrogen) atoms. The van der Waals surface area contributed by atoms with Crippen molar-refractivity contribution in [2.45, 2.75) is 13.3 Å². The van der Waals surface area contributed by atoms with Crippen molar-refractivity contribution in [3.8, 4) is 0 Å². The second-order valence-corrected chi connectivity index (χ2v) is 7.18. The van der Waals surface area contributed by atoms with Gasteiger partial charge in [0.1, 0.15) is 5.69 Å². The molecule has 106 valence electrons. The van der Waals surface area contributed by atoms with Crippen LogP contribution in [0.5, 0.6) is 0 Å². The van der Waals surface area contributed by atoms with Gasteiger partial charge in [-0.05, 0) is 34.7 Å². The van der Waals surface area contributed by atoms with Crippen molar-refractivity contribution in [3.63, 3.8) is 0 Å². The lowest BCUT2D eigenvalue weighted by Gasteiger charge is -2.08. The number of imide groups is 1. The highest BCUT2D eigenvalue weighted by Crippen LogP contribution is 2.34. The molecule has 2 amide bonds. The van der Waals surface area contributed by atoms with Crippen LogP contribution in [0, 0.1) is 2.88 Å². The van der Waals surface area contributed by atoms with Crippen LogP contribution < -0.4 is 4.90 Å². The van der Waals surface area contributed by atoms with E-state index >= 15 is 0 Å². The summed E-state index contributed by atoms with van der Waals surface area (Å²) in [6.45, 7) is 1.75. The van der Waals surface area contributed by atoms with E-state index in [1.165, 1.54) is 11.3 Å². The molecule has 7 heteroatoms. The Labute approximate surface area is 138 Å². The number of hydrogen-bond donors (Lipinski definition) is 0. The SMILES string of the molecule is CCC(=O)c1nc(N2C(=O)c3ccccc3C2=O)sc1I. The van der Waals surface area contributed by atoms with Crippen molar-refractivity contribution in [2.75, 3.05) is 4.90 Å². The second kappa shape index (κ2) is 5.30. The van der Waals surface area contributed by atoms with Crippen LogP contribution in [0.15, 0.2) is 24.3 Å². The fourth-order valence-electron chi connectivity index (χ4n) is 2.09. The number of rotatable bonds is 3. The maximum Gasteiger partial charge on any atom is 0.268 e. The standard InChI is InChI=1S/C14H9IN2O3S/c1-2-9(18)10-11(15)21-14(16-10)17-12(19)7-5-3-4-6-8(7)13(17)20/h3-6H,2H2,1H3. The summed E-state index contributed by atoms with van der Waals surface area (Å²) in [6.07, 6.45) is 0.335. The first kappa shape index (κ1) is 14.3. The van der Waals surface area contributed by atoms with E-state index in [-0.39, 0.29) is 10.9 Å². The van der Waals surface area contributed by atoms with Gasteiger partial charge >= 0.3 is 0 Å². The Morgan fingerprint density at radius 2 is 1.81 bits per heavy atom. The molecule has 0 unspecified atom stereocenters. The first-order chi connectivity index (χ1) is 10.0. The third-order valence-corrected chi connectivity index (χ3v) is 5.15. The minimum Gasteiger partial charge on any atom is -0.292 e. The summed E-state index contributed by atoms with van der Waals surface area (Å²) in [5.74, 6) is -0.883. The van der Waals surface area contributed by atoms with Crippen LogP contribution in [-0.2, 0) is 0 Å². The molecule has 2 aromatic rings. The van der Waals surface area contributed by atoms with Crippen molar-refractivity contribution >= 4 is 56.7 Å². The molecule has 3 rings (SSSR count). The van der Waals surface area contributed by atoms with Gasteiger partial charge in [-0.15, -0.1) is 0 Å². The molecule has 0 saturated carbocycles. The van der Waals surface area contributed by atoms with E-state index < -0.39 is 11.8 Å². The first-order valence-electron chi connectivity index (χ1n) is 6.22. The predicted molar refractivity (Wildman–Crippen MR) is 87.0 cm³/mol. The Morgan fingerprint density at radius 1 is 1.24 bits per heavy atom. The van der Waals surface area contributed by atoms with Gasteiger partial charge in [-0.2, -0.15) is 0 Å². The van der Waals surface area contributed by atoms with Crippen molar-refractivity contribution in [1.82, 2.24) is 4.98 Å². The van der Waals surface area contributed by atoms with Gasteiger partial charge in [0, 0.05) is 6.42 Å². The quantitative estimate of drug-likeness (QED) is 0.442. The number of nitrogens with zero attached hydrogens (tertiary/aromatic N) is 2. The summed E-state index contributed by atoms with van der Waals surface area (Å²) >= 11 is 3.18. The van der Waals surface area contributed by atoms with Gasteiger partial charge in [0.05, 0.1) is 14.0 Å². The summed E-state index contributed by atoms with van der Waals surface area (Å²) in [5, 5.41) is 0.252. The van der Waals surface area contributed by atoms with Crippen LogP contribution in [0.3, 0.4) is 0 Å². The molecule has 0 aliphatic carbocycles. The average Bonchev–Trinajstić information content (AvgIpc) is 2.98. The lowest BCUT2D eigenvalue weighted by Crippen LogP contribution is -2.29. The number of halogens is 1. The minimum atomic E-state index is -0.392. The predicted octanol–water partition coefficient (Wildman–Crippen LogP) is 3.14. The maximum absolute atomic E-state index is 12.4. The number of Topliss-reactive ketones (excluding diaryl/α,β-unsaturated/α-hetero) is 1. The van der Waals surface area contributed by atoms with Crippen molar-refractivity contribution < 1.29 is 14.4 Å². The number of hydrogen-bond acceptors (Lipinski definition) is 5. The molecule has 0 saturated heterocycles. The monoisotopic (exact) mass is 412 g/mol. The third-order valence-electron chi connectivity index (χ3n) is 3.15. The Bertz CT molecular complexity index is 749. The van der Waals surface area contributed by atoms with Gasteiger partial charge in [0.15, 0.2) is 5.78 Å². The molecule has 0 N–H and O–H groups in total. The molecular weight excluding hydrogens is 403 g/mol. The van der Waals surface area contributed by atoms with E-state index in [2.05, 4.69) is 4.98 Å². The molecule has 0 fully saturated rings. The summed E-state index contributed by atoms with van der Waals surface area (Å²) in [7, 11) is 0. The van der Waals surface area contributed by atoms with Gasteiger partial charge in [-0.3, -0.25) is 14.4 Å². The van der Waals surface area contributed by atoms with Crippen molar-refractivity contribution in [3.05, 3.63) is 44.0 Å². The lowest BCUT2D eigenvalue weighted by molar-refractivity contribution is 0.0922. The van der Waals surface area contributed by atoms with E-state index in [9.17, 15) is 14.4 Å². The van der Waals surface area contributed by atoms with Crippen LogP contribution in [0.1, 0.15) is 44.5 Å². The molecule has 0 radical (unpaired) electrons. The summed E-state index contributed by atoms with van der Waals surface area (Å²) in [6, 6.07) is 6.66. The molecule has 0 spiro atoms. The Kier molecular flexibility index (Phi) is 3.62. The van der Waals surface area contributed by atoms with Crippen LogP contribution >= 0.6 is 33.9 Å². The number of carbonyl (C=O) groups excluding carboxylic acids is 3. The van der Waals surface area contributed by atoms with E-state index in [4.69, 9.17) is 0 Å². The fourth-order valence-corrected chi connectivity index (χ4v) is 3.91. The van der Waals surface area contributed by atoms with Gasteiger partial charge in [-0.25, -0.2) is 9.88 Å². The van der Waals surface area contributed by atoms with Crippen molar-refractivity contribution in [1.29, 1.82) is 0 Å². The molecule has 1 aromatic carbocycles. The maximum atomic E-state index is 12.4. The first-order valence-corrected chi connectivity index (χ1v) is 8.11. The Morgan fingerprint density at radius 3 is 2.33 bits per heavy atom. The number of benzene rings is 1. The number of aromatic nitrogens is 1. The lowest BCUT2D eigenvalue weighted by atomic mass is 10.1. The topological polar surface area (TPSA) is 67.3 Å². The van der Waals surface area contributed by atoms with Crippen LogP contribution in [-0.4, -0.2) is 22.6 Å². The number of fused-ring (bicyclic) bond motifs is 1. The van der Waals surface area contributed by atoms with Gasteiger partial charge in [0.25, 0.3) is 11.8 Å². The number of anilines is 1. The molecule has 1 aromatic heterocycles. The van der Waals surface area contributed by atoms with E-state index in [0.29, 0.717) is 26.1 Å². The number of thiazole rings is 1. The molecule has 1 aliphatic heterocycles. The van der Waals surface area contributed by atoms with Gasteiger partial charge in [-0.1, -0.05) is 30.4 Å². The van der Waals surface area contributed by atoms with Gasteiger partial charge < -0.3 is 0 Å². The number of ketones is 1. The van der Waals surface area contributed by atoms with Gasteiger partial charge in [0.2, 0.25) is 5.13 Å². The van der Waals surface area contributed by atoms with Crippen LogP contribution in [0.4, 0.5) is 5.13 Å². The van der Waals surface area contributed by atoms with E-state index in [0.717, 1.165) is 4.90 Å². The smallest absolute Gasteiger partial charge is 0.268 e. The summed E-state index contributed by atoms with van der Waals surface area (Å²) in [4.78, 5) is 41.7. The molecule has 2 heterocycles. The minimum absolute atomic E-state index is 0.0986. The molecule has 5 nitrogen and oxygen atoms in total. The average molecular weight is 412 g/mol. The van der Waals surface area contributed by atoms with Crippen LogP contribution in [0.2, 0.25) is 0 Å².